The van der Waals surface area contributed by atoms with Gasteiger partial charge in [-0.25, -0.2) is 4.98 Å². The van der Waals surface area contributed by atoms with E-state index in [1.165, 1.54) is 16.2 Å². The average molecular weight is 351 g/mol. The van der Waals surface area contributed by atoms with Crippen LogP contribution in [0.15, 0.2) is 53.4 Å². The van der Waals surface area contributed by atoms with Gasteiger partial charge in [0.2, 0.25) is 5.88 Å². The first-order valence-electron chi connectivity index (χ1n) is 7.52. The summed E-state index contributed by atoms with van der Waals surface area (Å²) >= 11 is 1.45. The molecule has 4 rings (SSSR count). The van der Waals surface area contributed by atoms with Crippen molar-refractivity contribution >= 4 is 34.5 Å². The second-order valence-electron chi connectivity index (χ2n) is 5.47. The summed E-state index contributed by atoms with van der Waals surface area (Å²) in [6.07, 6.45) is 1.61. The number of carbonyl (C=O) groups excluding carboxylic acids is 2. The van der Waals surface area contributed by atoms with Crippen molar-refractivity contribution in [3.05, 3.63) is 64.5 Å². The molecule has 1 aliphatic heterocycles. The third-order valence-electron chi connectivity index (χ3n) is 3.87. The topological polar surface area (TPSA) is 71.5 Å². The maximum absolute atomic E-state index is 12.8. The summed E-state index contributed by atoms with van der Waals surface area (Å²) in [5.74, 6) is 0.324. The Morgan fingerprint density at radius 2 is 2.16 bits per heavy atom. The van der Waals surface area contributed by atoms with Crippen LogP contribution in [-0.4, -0.2) is 23.8 Å². The van der Waals surface area contributed by atoms with Crippen LogP contribution in [0.5, 0.6) is 11.6 Å². The van der Waals surface area contributed by atoms with E-state index in [2.05, 4.69) is 10.3 Å². The van der Waals surface area contributed by atoms with E-state index in [-0.39, 0.29) is 11.8 Å². The van der Waals surface area contributed by atoms with Crippen LogP contribution < -0.4 is 15.0 Å². The van der Waals surface area contributed by atoms with E-state index < -0.39 is 0 Å². The molecule has 7 heteroatoms. The van der Waals surface area contributed by atoms with Crippen molar-refractivity contribution in [2.75, 3.05) is 17.3 Å². The molecule has 0 bridgehead atoms. The first kappa shape index (κ1) is 15.3. The lowest BCUT2D eigenvalue weighted by atomic mass is 10.1. The van der Waals surface area contributed by atoms with Crippen molar-refractivity contribution in [3.8, 4) is 11.6 Å². The molecule has 0 saturated carbocycles. The first-order valence-corrected chi connectivity index (χ1v) is 8.46. The number of fused-ring (bicyclic) bond motifs is 2. The quantitative estimate of drug-likeness (QED) is 0.763. The lowest BCUT2D eigenvalue weighted by Gasteiger charge is -2.15. The highest BCUT2D eigenvalue weighted by Gasteiger charge is 2.26. The van der Waals surface area contributed by atoms with Gasteiger partial charge in [0.1, 0.15) is 11.4 Å². The third kappa shape index (κ3) is 2.74. The van der Waals surface area contributed by atoms with Crippen LogP contribution in [0, 0.1) is 0 Å². The number of benzene rings is 1. The minimum Gasteiger partial charge on any atom is -0.436 e. The van der Waals surface area contributed by atoms with Crippen molar-refractivity contribution in [1.82, 2.24) is 4.98 Å². The van der Waals surface area contributed by atoms with Crippen LogP contribution in [0.3, 0.4) is 0 Å². The molecule has 1 aromatic carbocycles. The molecule has 124 valence electrons. The molecule has 1 aliphatic rings. The Hall–Kier alpha value is -3.19. The van der Waals surface area contributed by atoms with E-state index >= 15 is 0 Å². The molecular weight excluding hydrogens is 338 g/mol. The highest BCUT2D eigenvalue weighted by atomic mass is 32.1. The van der Waals surface area contributed by atoms with E-state index in [1.54, 1.807) is 55.0 Å². The fraction of sp³-hybridized carbons (Fsp3) is 0.0556. The Bertz CT molecular complexity index is 969. The van der Waals surface area contributed by atoms with Gasteiger partial charge in [-0.1, -0.05) is 0 Å². The fourth-order valence-electron chi connectivity index (χ4n) is 2.57. The highest BCUT2D eigenvalue weighted by molar-refractivity contribution is 7.08. The van der Waals surface area contributed by atoms with E-state index in [4.69, 9.17) is 4.74 Å². The number of nitrogens with zero attached hydrogens (tertiary/aromatic N) is 2. The molecule has 1 N–H and O–H groups in total. The predicted molar refractivity (Wildman–Crippen MR) is 95.8 cm³/mol. The molecule has 0 saturated heterocycles. The Labute approximate surface area is 147 Å². The predicted octanol–water partition coefficient (Wildman–Crippen LogP) is 3.78. The molecule has 3 aromatic rings. The number of anilines is 2. The molecule has 0 aliphatic carbocycles. The van der Waals surface area contributed by atoms with Crippen LogP contribution >= 0.6 is 11.3 Å². The summed E-state index contributed by atoms with van der Waals surface area (Å²) in [7, 11) is 1.66. The number of amides is 2. The highest BCUT2D eigenvalue weighted by Crippen LogP contribution is 2.37. The molecule has 0 radical (unpaired) electrons. The summed E-state index contributed by atoms with van der Waals surface area (Å²) in [5.41, 5.74) is 2.06. The van der Waals surface area contributed by atoms with Gasteiger partial charge in [0.25, 0.3) is 11.8 Å². The van der Waals surface area contributed by atoms with Gasteiger partial charge in [-0.3, -0.25) is 9.59 Å². The Kier molecular flexibility index (Phi) is 3.70. The molecule has 2 aromatic heterocycles. The zero-order valence-electron chi connectivity index (χ0n) is 13.2. The second-order valence-corrected chi connectivity index (χ2v) is 6.25. The van der Waals surface area contributed by atoms with Crippen LogP contribution in [0.2, 0.25) is 0 Å². The van der Waals surface area contributed by atoms with Gasteiger partial charge < -0.3 is 15.0 Å². The molecule has 0 spiro atoms. The van der Waals surface area contributed by atoms with Crippen LogP contribution in [-0.2, 0) is 0 Å². The van der Waals surface area contributed by atoms with Gasteiger partial charge in [0, 0.05) is 24.3 Å². The number of thiophene rings is 1. The number of rotatable bonds is 2. The number of pyridine rings is 1. The molecule has 6 nitrogen and oxygen atoms in total. The van der Waals surface area contributed by atoms with E-state index in [9.17, 15) is 9.59 Å². The van der Waals surface area contributed by atoms with Crippen molar-refractivity contribution in [2.45, 2.75) is 0 Å². The smallest absolute Gasteiger partial charge is 0.262 e. The largest absolute Gasteiger partial charge is 0.436 e. The fourth-order valence-corrected chi connectivity index (χ4v) is 3.21. The van der Waals surface area contributed by atoms with E-state index in [1.807, 2.05) is 5.38 Å². The Balaban J connectivity index is 1.69. The van der Waals surface area contributed by atoms with Crippen molar-refractivity contribution in [3.63, 3.8) is 0 Å². The third-order valence-corrected chi connectivity index (χ3v) is 4.56. The number of ether oxygens (including phenoxy) is 1. The Morgan fingerprint density at radius 3 is 2.96 bits per heavy atom. The standard InChI is InChI=1S/C18H13N3O3S/c1-21-14-3-2-7-19-17(14)24-15-5-4-12(9-13(15)18(21)23)20-16(22)11-6-8-25-10-11/h2-10H,1H3,(H,20,22). The minimum atomic E-state index is -0.228. The van der Waals surface area contributed by atoms with E-state index in [0.717, 1.165) is 0 Å². The number of hydrogen-bond donors (Lipinski definition) is 1. The number of aromatic nitrogens is 1. The minimum absolute atomic E-state index is 0.221. The van der Waals surface area contributed by atoms with Crippen LogP contribution in [0.4, 0.5) is 11.4 Å². The summed E-state index contributed by atoms with van der Waals surface area (Å²) < 4.78 is 5.79. The zero-order valence-corrected chi connectivity index (χ0v) is 14.0. The molecule has 25 heavy (non-hydrogen) atoms. The number of hydrogen-bond acceptors (Lipinski definition) is 5. The SMILES string of the molecule is CN1C(=O)c2cc(NC(=O)c3ccsc3)ccc2Oc2ncccc21. The lowest BCUT2D eigenvalue weighted by molar-refractivity contribution is 0.0990. The molecule has 0 unspecified atom stereocenters. The first-order chi connectivity index (χ1) is 12.1. The normalized spacial score (nSPS) is 12.7. The number of carbonyl (C=O) groups is 2. The lowest BCUT2D eigenvalue weighted by Crippen LogP contribution is -2.25. The molecule has 0 atom stereocenters. The average Bonchev–Trinajstić information content (AvgIpc) is 3.14. The van der Waals surface area contributed by atoms with Gasteiger partial charge in [0.15, 0.2) is 0 Å². The van der Waals surface area contributed by atoms with Gasteiger partial charge in [-0.2, -0.15) is 11.3 Å². The monoisotopic (exact) mass is 351 g/mol. The maximum Gasteiger partial charge on any atom is 0.262 e. The summed E-state index contributed by atoms with van der Waals surface area (Å²) in [4.78, 5) is 30.6. The van der Waals surface area contributed by atoms with Crippen molar-refractivity contribution < 1.29 is 14.3 Å². The summed E-state index contributed by atoms with van der Waals surface area (Å²) in [5, 5.41) is 6.40. The van der Waals surface area contributed by atoms with E-state index in [0.29, 0.717) is 34.1 Å². The summed E-state index contributed by atoms with van der Waals surface area (Å²) in [6, 6.07) is 10.2. The van der Waals surface area contributed by atoms with Crippen molar-refractivity contribution in [1.29, 1.82) is 0 Å². The van der Waals surface area contributed by atoms with Gasteiger partial charge >= 0.3 is 0 Å². The molecule has 3 heterocycles. The molecular formula is C18H13N3O3S. The van der Waals surface area contributed by atoms with Gasteiger partial charge in [-0.05, 0) is 41.8 Å². The van der Waals surface area contributed by atoms with Crippen LogP contribution in [0.1, 0.15) is 20.7 Å². The molecule has 0 fully saturated rings. The maximum atomic E-state index is 12.8. The second kappa shape index (κ2) is 6.03. The Morgan fingerprint density at radius 1 is 1.28 bits per heavy atom. The van der Waals surface area contributed by atoms with Crippen LogP contribution in [0.25, 0.3) is 0 Å². The molecule has 2 amide bonds. The van der Waals surface area contributed by atoms with Crippen molar-refractivity contribution in [2.24, 2.45) is 0 Å². The van der Waals surface area contributed by atoms with Gasteiger partial charge in [0.05, 0.1) is 11.1 Å². The zero-order chi connectivity index (χ0) is 17.4. The summed E-state index contributed by atoms with van der Waals surface area (Å²) in [6.45, 7) is 0. The number of nitrogens with one attached hydrogen (secondary N) is 1. The van der Waals surface area contributed by atoms with Gasteiger partial charge in [-0.15, -0.1) is 0 Å².